The van der Waals surface area contributed by atoms with Crippen LogP contribution >= 0.6 is 0 Å². The Bertz CT molecular complexity index is 694. The van der Waals surface area contributed by atoms with E-state index < -0.39 is 5.82 Å². The summed E-state index contributed by atoms with van der Waals surface area (Å²) < 4.78 is 14.7. The summed E-state index contributed by atoms with van der Waals surface area (Å²) >= 11 is 0. The van der Waals surface area contributed by atoms with E-state index in [4.69, 9.17) is 0 Å². The van der Waals surface area contributed by atoms with Gasteiger partial charge in [-0.1, -0.05) is 0 Å². The second-order valence-corrected chi connectivity index (χ2v) is 5.59. The molecule has 0 atom stereocenters. The van der Waals surface area contributed by atoms with E-state index in [0.717, 1.165) is 31.7 Å². The Morgan fingerprint density at radius 3 is 2.64 bits per heavy atom. The Morgan fingerprint density at radius 1 is 1.18 bits per heavy atom. The third-order valence-electron chi connectivity index (χ3n) is 4.10. The number of carbonyl (C=O) groups is 1. The lowest BCUT2D eigenvalue weighted by Gasteiger charge is -2.39. The smallest absolute Gasteiger partial charge is 0.227 e. The summed E-state index contributed by atoms with van der Waals surface area (Å²) in [7, 11) is 0. The van der Waals surface area contributed by atoms with E-state index in [9.17, 15) is 9.18 Å². The number of hydrogen-bond donors (Lipinski definition) is 0. The van der Waals surface area contributed by atoms with Crippen molar-refractivity contribution in [1.29, 1.82) is 0 Å². The maximum Gasteiger partial charge on any atom is 0.227 e. The van der Waals surface area contributed by atoms with Gasteiger partial charge in [-0.2, -0.15) is 5.10 Å². The van der Waals surface area contributed by atoms with Crippen LogP contribution in [0.25, 0.3) is 0 Å². The van der Waals surface area contributed by atoms with Crippen LogP contribution in [0.15, 0.2) is 24.8 Å². The summed E-state index contributed by atoms with van der Waals surface area (Å²) in [5.41, 5.74) is 0.860. The molecule has 2 saturated heterocycles. The highest BCUT2D eigenvalue weighted by Crippen LogP contribution is 2.27. The van der Waals surface area contributed by atoms with Gasteiger partial charge in [-0.25, -0.2) is 14.4 Å². The molecule has 8 heteroatoms. The van der Waals surface area contributed by atoms with Crippen LogP contribution in [0.5, 0.6) is 0 Å². The first kappa shape index (κ1) is 13.2. The van der Waals surface area contributed by atoms with Crippen molar-refractivity contribution in [3.8, 4) is 0 Å². The topological polar surface area (TPSA) is 67.2 Å². The van der Waals surface area contributed by atoms with Crippen LogP contribution in [0.1, 0.15) is 18.9 Å². The first-order valence-electron chi connectivity index (χ1n) is 7.28. The molecule has 2 fully saturated rings. The highest BCUT2D eigenvalue weighted by Gasteiger charge is 2.31. The van der Waals surface area contributed by atoms with Crippen LogP contribution in [0.3, 0.4) is 0 Å². The number of carbonyl (C=O) groups excluding carboxylic acids is 1. The van der Waals surface area contributed by atoms with Gasteiger partial charge in [0.1, 0.15) is 0 Å². The van der Waals surface area contributed by atoms with Gasteiger partial charge in [-0.3, -0.25) is 9.48 Å². The number of anilines is 2. The molecule has 22 heavy (non-hydrogen) atoms. The molecule has 1 amide bonds. The molecule has 7 nitrogen and oxygen atoms in total. The molecule has 2 aliphatic rings. The van der Waals surface area contributed by atoms with Crippen molar-refractivity contribution in [2.45, 2.75) is 18.9 Å². The Balaban J connectivity index is 1.42. The summed E-state index contributed by atoms with van der Waals surface area (Å²) in [4.78, 5) is 23.4. The molecule has 0 radical (unpaired) electrons. The van der Waals surface area contributed by atoms with Crippen molar-refractivity contribution in [3.63, 3.8) is 0 Å². The van der Waals surface area contributed by atoms with E-state index in [1.165, 1.54) is 12.4 Å². The van der Waals surface area contributed by atoms with Gasteiger partial charge < -0.3 is 9.80 Å². The van der Waals surface area contributed by atoms with Crippen molar-refractivity contribution < 1.29 is 9.18 Å². The minimum absolute atomic E-state index is 0.162. The number of nitrogens with zero attached hydrogens (tertiary/aromatic N) is 6. The van der Waals surface area contributed by atoms with Crippen molar-refractivity contribution in [1.82, 2.24) is 19.7 Å². The summed E-state index contributed by atoms with van der Waals surface area (Å²) in [5.74, 6) is 0.252. The van der Waals surface area contributed by atoms with Gasteiger partial charge in [0.2, 0.25) is 11.9 Å². The molecule has 0 saturated carbocycles. The zero-order valence-corrected chi connectivity index (χ0v) is 11.9. The summed E-state index contributed by atoms with van der Waals surface area (Å²) in [6.45, 7) is 2.21. The fourth-order valence-electron chi connectivity index (χ4n) is 2.84. The van der Waals surface area contributed by atoms with Crippen molar-refractivity contribution in [3.05, 3.63) is 30.6 Å². The lowest BCUT2D eigenvalue weighted by atomic mass is 10.1. The summed E-state index contributed by atoms with van der Waals surface area (Å²) in [6, 6.07) is 0.222. The quantitative estimate of drug-likeness (QED) is 0.846. The van der Waals surface area contributed by atoms with Crippen LogP contribution in [-0.4, -0.2) is 45.3 Å². The lowest BCUT2D eigenvalue weighted by molar-refractivity contribution is -0.117. The van der Waals surface area contributed by atoms with Crippen LogP contribution in [0, 0.1) is 5.82 Å². The third-order valence-corrected chi connectivity index (χ3v) is 4.10. The highest BCUT2D eigenvalue weighted by molar-refractivity contribution is 5.95. The summed E-state index contributed by atoms with van der Waals surface area (Å²) in [6.07, 6.45) is 7.51. The first-order valence-corrected chi connectivity index (χ1v) is 7.28. The molecule has 2 aromatic heterocycles. The van der Waals surface area contributed by atoms with Gasteiger partial charge in [0, 0.05) is 32.3 Å². The molecule has 2 aromatic rings. The molecule has 0 spiro atoms. The lowest BCUT2D eigenvalue weighted by Crippen LogP contribution is -2.48. The SMILES string of the molecule is O=C1CCCN1c1cnn(C2CN(c3ncc(F)cn3)C2)c1. The van der Waals surface area contributed by atoms with Crippen LogP contribution < -0.4 is 9.80 Å². The van der Waals surface area contributed by atoms with E-state index in [1.807, 2.05) is 15.8 Å². The van der Waals surface area contributed by atoms with Gasteiger partial charge in [0.25, 0.3) is 0 Å². The molecule has 0 unspecified atom stereocenters. The summed E-state index contributed by atoms with van der Waals surface area (Å²) in [5, 5.41) is 4.35. The Morgan fingerprint density at radius 2 is 1.95 bits per heavy atom. The fourth-order valence-corrected chi connectivity index (χ4v) is 2.84. The van der Waals surface area contributed by atoms with Gasteiger partial charge in [0.05, 0.1) is 30.3 Å². The highest BCUT2D eigenvalue weighted by atomic mass is 19.1. The van der Waals surface area contributed by atoms with Crippen LogP contribution in [-0.2, 0) is 4.79 Å². The average molecular weight is 302 g/mol. The first-order chi connectivity index (χ1) is 10.7. The van der Waals surface area contributed by atoms with E-state index >= 15 is 0 Å². The molecule has 4 heterocycles. The van der Waals surface area contributed by atoms with E-state index in [1.54, 1.807) is 11.1 Å². The minimum atomic E-state index is -0.437. The number of halogens is 1. The maximum atomic E-state index is 12.8. The molecule has 4 rings (SSSR count). The Hall–Kier alpha value is -2.51. The normalized spacial score (nSPS) is 18.9. The van der Waals surface area contributed by atoms with E-state index in [-0.39, 0.29) is 11.9 Å². The zero-order valence-electron chi connectivity index (χ0n) is 11.9. The minimum Gasteiger partial charge on any atom is -0.336 e. The van der Waals surface area contributed by atoms with Crippen molar-refractivity contribution in [2.75, 3.05) is 29.4 Å². The van der Waals surface area contributed by atoms with Crippen LogP contribution in [0.2, 0.25) is 0 Å². The van der Waals surface area contributed by atoms with Gasteiger partial charge >= 0.3 is 0 Å². The molecule has 0 N–H and O–H groups in total. The largest absolute Gasteiger partial charge is 0.336 e. The predicted octanol–water partition coefficient (Wildman–Crippen LogP) is 1.00. The van der Waals surface area contributed by atoms with Gasteiger partial charge in [-0.15, -0.1) is 0 Å². The fraction of sp³-hybridized carbons (Fsp3) is 0.429. The molecule has 0 aliphatic carbocycles. The standard InChI is InChI=1S/C14H15FN6O/c15-10-4-16-14(17-5-10)19-7-12(8-19)21-9-11(6-18-21)20-3-1-2-13(20)22/h4-6,9,12H,1-3,7-8H2. The Kier molecular flexibility index (Phi) is 3.02. The van der Waals surface area contributed by atoms with Gasteiger partial charge in [0.15, 0.2) is 5.82 Å². The number of hydrogen-bond acceptors (Lipinski definition) is 5. The van der Waals surface area contributed by atoms with E-state index in [0.29, 0.717) is 12.4 Å². The molecule has 0 aromatic carbocycles. The molecule has 114 valence electrons. The number of amides is 1. The Labute approximate surface area is 126 Å². The monoisotopic (exact) mass is 302 g/mol. The second kappa shape index (κ2) is 5.04. The van der Waals surface area contributed by atoms with E-state index in [2.05, 4.69) is 15.1 Å². The van der Waals surface area contributed by atoms with Crippen molar-refractivity contribution >= 4 is 17.5 Å². The number of aromatic nitrogens is 4. The molecule has 2 aliphatic heterocycles. The molecule has 0 bridgehead atoms. The molecular weight excluding hydrogens is 287 g/mol. The maximum absolute atomic E-state index is 12.8. The van der Waals surface area contributed by atoms with Crippen LogP contribution in [0.4, 0.5) is 16.0 Å². The number of rotatable bonds is 3. The molecular formula is C14H15FN6O. The van der Waals surface area contributed by atoms with Crippen molar-refractivity contribution in [2.24, 2.45) is 0 Å². The second-order valence-electron chi connectivity index (χ2n) is 5.59. The average Bonchev–Trinajstić information content (AvgIpc) is 3.08. The third kappa shape index (κ3) is 2.20. The predicted molar refractivity (Wildman–Crippen MR) is 77.1 cm³/mol. The van der Waals surface area contributed by atoms with Gasteiger partial charge in [-0.05, 0) is 6.42 Å². The zero-order chi connectivity index (χ0) is 15.1.